The molecule has 0 unspecified atom stereocenters. The number of hydrogen-bond acceptors (Lipinski definition) is 10. The normalized spacial score (nSPS) is 12.7. The van der Waals surface area contributed by atoms with Gasteiger partial charge < -0.3 is 20.8 Å². The molecule has 0 saturated heterocycles. The van der Waals surface area contributed by atoms with Gasteiger partial charge in [-0.25, -0.2) is 19.7 Å². The summed E-state index contributed by atoms with van der Waals surface area (Å²) < 4.78 is 37.9. The number of nitrogens with zero attached hydrogens (tertiary/aromatic N) is 4. The number of fused-ring (bicyclic) bond motifs is 1. The summed E-state index contributed by atoms with van der Waals surface area (Å²) in [6.07, 6.45) is 2.71. The molecule has 3 rings (SSSR count). The van der Waals surface area contributed by atoms with Gasteiger partial charge in [0.05, 0.1) is 24.6 Å². The van der Waals surface area contributed by atoms with Gasteiger partial charge in [0.2, 0.25) is 0 Å². The second-order valence-electron chi connectivity index (χ2n) is 6.27. The van der Waals surface area contributed by atoms with Gasteiger partial charge in [-0.15, -0.1) is 0 Å². The van der Waals surface area contributed by atoms with Crippen LogP contribution < -0.4 is 16.2 Å². The number of ether oxygens (including phenoxy) is 1. The number of aryl methyl sites for hydroxylation is 1. The molecule has 0 saturated carbocycles. The third-order valence-electron chi connectivity index (χ3n) is 4.29. The SMILES string of the molecule is CO[C@@H](CCn1cnc2c(N)ncnc21)COS(=O)(=O)NC(=O)c1ccccc1N. The Morgan fingerprint density at radius 1 is 1.23 bits per heavy atom. The Labute approximate surface area is 172 Å². The van der Waals surface area contributed by atoms with Gasteiger partial charge in [0.25, 0.3) is 5.91 Å². The Hall–Kier alpha value is -3.29. The van der Waals surface area contributed by atoms with Crippen LogP contribution in [0.1, 0.15) is 16.8 Å². The monoisotopic (exact) mass is 435 g/mol. The molecule has 2 heterocycles. The highest BCUT2D eigenvalue weighted by Crippen LogP contribution is 2.15. The summed E-state index contributed by atoms with van der Waals surface area (Å²) in [6.45, 7) is 0.120. The lowest BCUT2D eigenvalue weighted by molar-refractivity contribution is 0.0504. The van der Waals surface area contributed by atoms with E-state index in [-0.39, 0.29) is 23.7 Å². The molecule has 2 aromatic heterocycles. The lowest BCUT2D eigenvalue weighted by atomic mass is 10.2. The molecule has 0 spiro atoms. The minimum Gasteiger partial charge on any atom is -0.398 e. The van der Waals surface area contributed by atoms with Crippen LogP contribution >= 0.6 is 0 Å². The van der Waals surface area contributed by atoms with Crippen LogP contribution in [0.4, 0.5) is 11.5 Å². The maximum absolute atomic E-state index is 12.1. The molecule has 0 aliphatic rings. The van der Waals surface area contributed by atoms with Gasteiger partial charge in [-0.05, 0) is 18.6 Å². The number of methoxy groups -OCH3 is 1. The van der Waals surface area contributed by atoms with Crippen LogP contribution in [0.3, 0.4) is 0 Å². The molecule has 160 valence electrons. The van der Waals surface area contributed by atoms with Crippen LogP contribution in [-0.4, -0.2) is 53.7 Å². The first-order valence-electron chi connectivity index (χ1n) is 8.81. The molecular weight excluding hydrogens is 414 g/mol. The van der Waals surface area contributed by atoms with Crippen molar-refractivity contribution in [2.75, 3.05) is 25.2 Å². The topological polar surface area (TPSA) is 177 Å². The highest BCUT2D eigenvalue weighted by atomic mass is 32.2. The van der Waals surface area contributed by atoms with Gasteiger partial charge in [-0.3, -0.25) is 8.98 Å². The van der Waals surface area contributed by atoms with Crippen molar-refractivity contribution in [2.45, 2.75) is 19.1 Å². The van der Waals surface area contributed by atoms with Crippen LogP contribution in [0, 0.1) is 0 Å². The van der Waals surface area contributed by atoms with Gasteiger partial charge in [0.1, 0.15) is 11.8 Å². The molecule has 0 aliphatic heterocycles. The van der Waals surface area contributed by atoms with Crippen LogP contribution in [0.25, 0.3) is 11.2 Å². The number of rotatable bonds is 9. The number of benzene rings is 1. The first-order valence-corrected chi connectivity index (χ1v) is 10.2. The number of carbonyl (C=O) groups is 1. The number of carbonyl (C=O) groups excluding carboxylic acids is 1. The highest BCUT2D eigenvalue weighted by Gasteiger charge is 2.21. The van der Waals surface area contributed by atoms with Crippen LogP contribution in [0.2, 0.25) is 0 Å². The Morgan fingerprint density at radius 3 is 2.73 bits per heavy atom. The number of aromatic nitrogens is 4. The standard InChI is InChI=1S/C17H21N7O5S/c1-28-11(6-7-24-10-22-14-15(19)20-9-21-16(14)24)8-29-30(26,27)23-17(25)12-4-2-3-5-13(12)18/h2-5,9-11H,6-8,18H2,1H3,(H,23,25)(H2,19,20,21)/t11-/m0/s1. The molecule has 1 amide bonds. The van der Waals surface area contributed by atoms with Crippen molar-refractivity contribution in [3.05, 3.63) is 42.5 Å². The molecule has 13 heteroatoms. The summed E-state index contributed by atoms with van der Waals surface area (Å²) in [4.78, 5) is 24.3. The van der Waals surface area contributed by atoms with E-state index in [1.54, 1.807) is 23.0 Å². The second-order valence-corrected chi connectivity index (χ2v) is 7.62. The van der Waals surface area contributed by atoms with E-state index in [0.29, 0.717) is 24.1 Å². The minimum absolute atomic E-state index is 0.0289. The number of anilines is 2. The molecule has 5 N–H and O–H groups in total. The molecule has 1 atom stereocenters. The Balaban J connectivity index is 1.57. The Bertz CT molecular complexity index is 1150. The van der Waals surface area contributed by atoms with Gasteiger partial charge in [-0.2, -0.15) is 8.42 Å². The maximum atomic E-state index is 12.1. The van der Waals surface area contributed by atoms with E-state index in [4.69, 9.17) is 20.4 Å². The van der Waals surface area contributed by atoms with Gasteiger partial charge >= 0.3 is 10.3 Å². The highest BCUT2D eigenvalue weighted by molar-refractivity contribution is 7.85. The zero-order chi connectivity index (χ0) is 21.7. The Morgan fingerprint density at radius 2 is 2.00 bits per heavy atom. The average molecular weight is 435 g/mol. The molecular formula is C17H21N7O5S. The van der Waals surface area contributed by atoms with Gasteiger partial charge in [0, 0.05) is 19.3 Å². The Kier molecular flexibility index (Phi) is 6.44. The molecule has 0 bridgehead atoms. The predicted molar refractivity (Wildman–Crippen MR) is 108 cm³/mol. The number of imidazole rings is 1. The third kappa shape index (κ3) is 5.00. The zero-order valence-electron chi connectivity index (χ0n) is 16.1. The minimum atomic E-state index is -4.35. The molecule has 1 aromatic carbocycles. The van der Waals surface area contributed by atoms with Crippen molar-refractivity contribution in [1.29, 1.82) is 0 Å². The van der Waals surface area contributed by atoms with Crippen molar-refractivity contribution in [3.63, 3.8) is 0 Å². The van der Waals surface area contributed by atoms with Crippen molar-refractivity contribution < 1.29 is 22.1 Å². The first kappa shape index (κ1) is 21.4. The summed E-state index contributed by atoms with van der Waals surface area (Å²) in [5.74, 6) is -0.615. The van der Waals surface area contributed by atoms with Crippen LogP contribution in [-0.2, 0) is 25.8 Å². The molecule has 30 heavy (non-hydrogen) atoms. The lowest BCUT2D eigenvalue weighted by Crippen LogP contribution is -2.34. The third-order valence-corrected chi connectivity index (χ3v) is 5.17. The summed E-state index contributed by atoms with van der Waals surface area (Å²) in [5.41, 5.74) is 12.6. The summed E-state index contributed by atoms with van der Waals surface area (Å²) in [5, 5.41) is 0. The molecule has 0 aliphatic carbocycles. The molecule has 0 fully saturated rings. The molecule has 0 radical (unpaired) electrons. The van der Waals surface area contributed by atoms with E-state index in [1.165, 1.54) is 25.6 Å². The second kappa shape index (κ2) is 9.02. The average Bonchev–Trinajstić information content (AvgIpc) is 3.12. The number of para-hydroxylation sites is 1. The smallest absolute Gasteiger partial charge is 0.362 e. The van der Waals surface area contributed by atoms with Gasteiger partial charge in [-0.1, -0.05) is 12.1 Å². The first-order chi connectivity index (χ1) is 14.3. The predicted octanol–water partition coefficient (Wildman–Crippen LogP) is 0.0872. The van der Waals surface area contributed by atoms with E-state index >= 15 is 0 Å². The van der Waals surface area contributed by atoms with Gasteiger partial charge in [0.15, 0.2) is 11.5 Å². The number of nitrogen functional groups attached to an aromatic ring is 2. The number of amides is 1. The maximum Gasteiger partial charge on any atom is 0.362 e. The van der Waals surface area contributed by atoms with E-state index in [9.17, 15) is 13.2 Å². The van der Waals surface area contributed by atoms with Crippen molar-refractivity contribution >= 4 is 38.9 Å². The van der Waals surface area contributed by atoms with Crippen LogP contribution in [0.5, 0.6) is 0 Å². The number of nitrogens with two attached hydrogens (primary N) is 2. The van der Waals surface area contributed by atoms with Crippen LogP contribution in [0.15, 0.2) is 36.9 Å². The zero-order valence-corrected chi connectivity index (χ0v) is 16.9. The fourth-order valence-corrected chi connectivity index (χ4v) is 3.41. The summed E-state index contributed by atoms with van der Waals surface area (Å²) in [7, 11) is -2.93. The van der Waals surface area contributed by atoms with E-state index in [1.807, 2.05) is 4.72 Å². The van der Waals surface area contributed by atoms with Crippen molar-refractivity contribution in [2.24, 2.45) is 0 Å². The number of hydrogen-bond donors (Lipinski definition) is 3. The lowest BCUT2D eigenvalue weighted by Gasteiger charge is -2.16. The fourth-order valence-electron chi connectivity index (χ4n) is 2.68. The van der Waals surface area contributed by atoms with E-state index < -0.39 is 22.3 Å². The number of nitrogens with one attached hydrogen (secondary N) is 1. The van der Waals surface area contributed by atoms with E-state index in [0.717, 1.165) is 0 Å². The van der Waals surface area contributed by atoms with Crippen molar-refractivity contribution in [3.8, 4) is 0 Å². The summed E-state index contributed by atoms with van der Waals surface area (Å²) in [6, 6.07) is 6.09. The fraction of sp³-hybridized carbons (Fsp3) is 0.294. The quantitative estimate of drug-likeness (QED) is 0.390. The molecule has 3 aromatic rings. The summed E-state index contributed by atoms with van der Waals surface area (Å²) >= 11 is 0. The van der Waals surface area contributed by atoms with E-state index in [2.05, 4.69) is 15.0 Å². The van der Waals surface area contributed by atoms with Crippen molar-refractivity contribution in [1.82, 2.24) is 24.2 Å². The molecule has 12 nitrogen and oxygen atoms in total. The largest absolute Gasteiger partial charge is 0.398 e.